The highest BCUT2D eigenvalue weighted by atomic mass is 16.5. The molecule has 1 aliphatic carbocycles. The van der Waals surface area contributed by atoms with Gasteiger partial charge in [0.2, 0.25) is 0 Å². The molecule has 1 heterocycles. The topological polar surface area (TPSA) is 90.9 Å². The number of ether oxygens (including phenoxy) is 1. The van der Waals surface area contributed by atoms with Gasteiger partial charge in [-0.05, 0) is 39.3 Å². The van der Waals surface area contributed by atoms with Gasteiger partial charge in [-0.25, -0.2) is 4.79 Å². The van der Waals surface area contributed by atoms with E-state index in [0.717, 1.165) is 24.2 Å². The highest BCUT2D eigenvalue weighted by Gasteiger charge is 2.37. The van der Waals surface area contributed by atoms with E-state index in [1.54, 1.807) is 0 Å². The predicted octanol–water partition coefficient (Wildman–Crippen LogP) is 2.53. The van der Waals surface area contributed by atoms with Crippen LogP contribution in [0.3, 0.4) is 0 Å². The zero-order valence-electron chi connectivity index (χ0n) is 16.2. The lowest BCUT2D eigenvalue weighted by Crippen LogP contribution is -2.56. The molecular formula is C20H29N3O4. The number of carbonyl (C=O) groups is 2. The summed E-state index contributed by atoms with van der Waals surface area (Å²) in [5.41, 5.74) is 0.656. The Labute approximate surface area is 160 Å². The van der Waals surface area contributed by atoms with Crippen molar-refractivity contribution in [3.8, 4) is 5.75 Å². The van der Waals surface area contributed by atoms with E-state index < -0.39 is 5.97 Å². The van der Waals surface area contributed by atoms with Gasteiger partial charge < -0.3 is 20.5 Å². The van der Waals surface area contributed by atoms with Gasteiger partial charge in [-0.15, -0.1) is 0 Å². The van der Waals surface area contributed by atoms with Crippen molar-refractivity contribution in [1.29, 1.82) is 0 Å². The maximum absolute atomic E-state index is 12.5. The molecule has 2 amide bonds. The number of carboxylic acids is 1. The minimum Gasteiger partial charge on any atom is -0.487 e. The first-order valence-corrected chi connectivity index (χ1v) is 9.58. The van der Waals surface area contributed by atoms with Gasteiger partial charge in [-0.3, -0.25) is 9.69 Å². The fourth-order valence-corrected chi connectivity index (χ4v) is 3.99. The zero-order chi connectivity index (χ0) is 19.6. The van der Waals surface area contributed by atoms with E-state index in [-0.39, 0.29) is 36.3 Å². The highest BCUT2D eigenvalue weighted by molar-refractivity contribution is 5.75. The summed E-state index contributed by atoms with van der Waals surface area (Å²) in [6, 6.07) is 7.83. The summed E-state index contributed by atoms with van der Waals surface area (Å²) in [5, 5.41) is 15.1. The van der Waals surface area contributed by atoms with Gasteiger partial charge in [0.15, 0.2) is 0 Å². The SMILES string of the molecule is CCN(CC(=O)O)C1CC(NC(=O)NC2CC(C)(C)Oc3ccccc32)C1. The van der Waals surface area contributed by atoms with Crippen LogP contribution < -0.4 is 15.4 Å². The molecule has 1 unspecified atom stereocenters. The molecule has 1 aromatic rings. The number of urea groups is 1. The molecule has 0 spiro atoms. The summed E-state index contributed by atoms with van der Waals surface area (Å²) in [7, 11) is 0. The molecule has 27 heavy (non-hydrogen) atoms. The Morgan fingerprint density at radius 1 is 1.26 bits per heavy atom. The fourth-order valence-electron chi connectivity index (χ4n) is 3.99. The average Bonchev–Trinajstić information content (AvgIpc) is 2.54. The number of aliphatic carboxylic acids is 1. The molecule has 1 saturated carbocycles. The van der Waals surface area contributed by atoms with E-state index in [1.807, 2.05) is 49.9 Å². The van der Waals surface area contributed by atoms with Gasteiger partial charge in [0, 0.05) is 24.1 Å². The van der Waals surface area contributed by atoms with Gasteiger partial charge in [0.05, 0.1) is 12.6 Å². The van der Waals surface area contributed by atoms with Crippen molar-refractivity contribution < 1.29 is 19.4 Å². The number of nitrogens with zero attached hydrogens (tertiary/aromatic N) is 1. The van der Waals surface area contributed by atoms with Crippen LogP contribution in [-0.2, 0) is 4.79 Å². The van der Waals surface area contributed by atoms with Crippen molar-refractivity contribution >= 4 is 12.0 Å². The second-order valence-electron chi connectivity index (χ2n) is 8.05. The quantitative estimate of drug-likeness (QED) is 0.711. The number of para-hydroxylation sites is 1. The smallest absolute Gasteiger partial charge is 0.317 e. The number of likely N-dealkylation sites (N-methyl/N-ethyl adjacent to an activating group) is 1. The first-order chi connectivity index (χ1) is 12.8. The van der Waals surface area contributed by atoms with Crippen LogP contribution in [0.2, 0.25) is 0 Å². The van der Waals surface area contributed by atoms with Crippen LogP contribution in [0.4, 0.5) is 4.79 Å². The van der Waals surface area contributed by atoms with Crippen LogP contribution in [0.15, 0.2) is 24.3 Å². The maximum atomic E-state index is 12.5. The van der Waals surface area contributed by atoms with Gasteiger partial charge in [-0.1, -0.05) is 25.1 Å². The number of rotatable bonds is 6. The summed E-state index contributed by atoms with van der Waals surface area (Å²) in [5.74, 6) is 0.00168. The van der Waals surface area contributed by atoms with Crippen molar-refractivity contribution in [2.45, 2.75) is 63.8 Å². The van der Waals surface area contributed by atoms with E-state index >= 15 is 0 Å². The van der Waals surface area contributed by atoms with E-state index in [2.05, 4.69) is 10.6 Å². The zero-order valence-corrected chi connectivity index (χ0v) is 16.2. The summed E-state index contributed by atoms with van der Waals surface area (Å²) >= 11 is 0. The minimum atomic E-state index is -0.813. The minimum absolute atomic E-state index is 0.0496. The number of nitrogens with one attached hydrogen (secondary N) is 2. The lowest BCUT2D eigenvalue weighted by molar-refractivity contribution is -0.139. The van der Waals surface area contributed by atoms with E-state index in [4.69, 9.17) is 9.84 Å². The molecule has 7 heteroatoms. The summed E-state index contributed by atoms with van der Waals surface area (Å²) in [6.45, 7) is 6.75. The number of fused-ring (bicyclic) bond motifs is 1. The second kappa shape index (κ2) is 7.76. The molecule has 1 aliphatic heterocycles. The molecule has 1 fully saturated rings. The molecule has 7 nitrogen and oxygen atoms in total. The fraction of sp³-hybridized carbons (Fsp3) is 0.600. The summed E-state index contributed by atoms with van der Waals surface area (Å²) < 4.78 is 6.00. The third-order valence-corrected chi connectivity index (χ3v) is 5.39. The van der Waals surface area contributed by atoms with Crippen molar-refractivity contribution in [1.82, 2.24) is 15.5 Å². The summed E-state index contributed by atoms with van der Waals surface area (Å²) in [4.78, 5) is 25.3. The number of benzene rings is 1. The monoisotopic (exact) mass is 375 g/mol. The van der Waals surface area contributed by atoms with Crippen molar-refractivity contribution in [3.63, 3.8) is 0 Å². The molecule has 0 saturated heterocycles. The number of hydrogen-bond donors (Lipinski definition) is 3. The van der Waals surface area contributed by atoms with Crippen LogP contribution in [-0.4, -0.2) is 52.8 Å². The molecule has 1 aromatic carbocycles. The first-order valence-electron chi connectivity index (χ1n) is 9.58. The molecule has 0 aromatic heterocycles. The predicted molar refractivity (Wildman–Crippen MR) is 102 cm³/mol. The molecule has 0 bridgehead atoms. The van der Waals surface area contributed by atoms with Crippen molar-refractivity contribution in [2.75, 3.05) is 13.1 Å². The van der Waals surface area contributed by atoms with Crippen LogP contribution in [0, 0.1) is 0 Å². The molecule has 3 rings (SSSR count). The Hall–Kier alpha value is -2.28. The maximum Gasteiger partial charge on any atom is 0.317 e. The van der Waals surface area contributed by atoms with Crippen molar-refractivity contribution in [2.24, 2.45) is 0 Å². The normalized spacial score (nSPS) is 25.7. The van der Waals surface area contributed by atoms with Gasteiger partial charge in [-0.2, -0.15) is 0 Å². The molecule has 3 N–H and O–H groups in total. The molecular weight excluding hydrogens is 346 g/mol. The number of hydrogen-bond acceptors (Lipinski definition) is 4. The molecule has 2 aliphatic rings. The van der Waals surface area contributed by atoms with Crippen LogP contribution in [0.5, 0.6) is 5.75 Å². The number of carbonyl (C=O) groups excluding carboxylic acids is 1. The van der Waals surface area contributed by atoms with Crippen LogP contribution in [0.1, 0.15) is 51.6 Å². The second-order valence-corrected chi connectivity index (χ2v) is 8.05. The van der Waals surface area contributed by atoms with Crippen LogP contribution >= 0.6 is 0 Å². The number of amides is 2. The molecule has 148 valence electrons. The van der Waals surface area contributed by atoms with Gasteiger partial charge in [0.1, 0.15) is 11.4 Å². The molecule has 0 radical (unpaired) electrons. The Balaban J connectivity index is 1.53. The van der Waals surface area contributed by atoms with E-state index in [1.165, 1.54) is 0 Å². The number of carboxylic acid groups (broad SMARTS) is 1. The Morgan fingerprint density at radius 2 is 1.96 bits per heavy atom. The Kier molecular flexibility index (Phi) is 5.60. The average molecular weight is 375 g/mol. The van der Waals surface area contributed by atoms with Crippen LogP contribution in [0.25, 0.3) is 0 Å². The van der Waals surface area contributed by atoms with E-state index in [9.17, 15) is 9.59 Å². The Morgan fingerprint density at radius 3 is 2.63 bits per heavy atom. The highest BCUT2D eigenvalue weighted by Crippen LogP contribution is 2.39. The third kappa shape index (κ3) is 4.71. The van der Waals surface area contributed by atoms with Gasteiger partial charge in [0.25, 0.3) is 0 Å². The summed E-state index contributed by atoms with van der Waals surface area (Å²) in [6.07, 6.45) is 2.27. The first kappa shape index (κ1) is 19.5. The van der Waals surface area contributed by atoms with E-state index in [0.29, 0.717) is 13.0 Å². The van der Waals surface area contributed by atoms with Crippen molar-refractivity contribution in [3.05, 3.63) is 29.8 Å². The van der Waals surface area contributed by atoms with Gasteiger partial charge >= 0.3 is 12.0 Å². The largest absolute Gasteiger partial charge is 0.487 e. The Bertz CT molecular complexity index is 700. The molecule has 1 atom stereocenters. The third-order valence-electron chi connectivity index (χ3n) is 5.39. The lowest BCUT2D eigenvalue weighted by atomic mass is 9.85. The standard InChI is InChI=1S/C20H29N3O4/c1-4-23(12-18(24)25)14-9-13(10-14)21-19(26)22-16-11-20(2,3)27-17-8-6-5-7-15(16)17/h5-8,13-14,16H,4,9-12H2,1-3H3,(H,24,25)(H2,21,22,26). The lowest BCUT2D eigenvalue weighted by Gasteiger charge is -2.42.